The van der Waals surface area contributed by atoms with Crippen molar-refractivity contribution in [3.63, 3.8) is 0 Å². The van der Waals surface area contributed by atoms with Crippen LogP contribution in [-0.2, 0) is 27.3 Å². The minimum absolute atomic E-state index is 0.205. The molecule has 120 valence electrons. The maximum absolute atomic E-state index is 12.4. The number of aromatic nitrogens is 2. The molecule has 2 aliphatic rings. The molecule has 0 bridgehead atoms. The van der Waals surface area contributed by atoms with Crippen LogP contribution in [0.4, 0.5) is 5.82 Å². The van der Waals surface area contributed by atoms with Crippen LogP contribution in [0, 0.1) is 5.92 Å². The number of carbonyl (C=O) groups is 1. The number of nitrogens with one attached hydrogen (secondary N) is 1. The first kappa shape index (κ1) is 15.2. The molecule has 1 aromatic rings. The van der Waals surface area contributed by atoms with Crippen LogP contribution < -0.4 is 5.32 Å². The molecule has 1 N–H and O–H groups in total. The van der Waals surface area contributed by atoms with Crippen LogP contribution in [0.15, 0.2) is 6.33 Å². The first-order valence-corrected chi connectivity index (χ1v) is 7.92. The van der Waals surface area contributed by atoms with Gasteiger partial charge in [-0.05, 0) is 31.6 Å². The molecular weight excluding hydrogens is 282 g/mol. The molecule has 1 saturated carbocycles. The Labute approximate surface area is 130 Å². The monoisotopic (exact) mass is 305 g/mol. The molecule has 0 unspecified atom stereocenters. The van der Waals surface area contributed by atoms with E-state index in [1.54, 1.807) is 6.33 Å². The zero-order chi connectivity index (χ0) is 15.6. The topological polar surface area (TPSA) is 73.3 Å². The van der Waals surface area contributed by atoms with Crippen LogP contribution in [0.3, 0.4) is 0 Å². The van der Waals surface area contributed by atoms with Crippen LogP contribution in [0.2, 0.25) is 0 Å². The predicted octanol–water partition coefficient (Wildman–Crippen LogP) is 2.08. The molecule has 0 radical (unpaired) electrons. The summed E-state index contributed by atoms with van der Waals surface area (Å²) in [6.07, 6.45) is 5.89. The highest BCUT2D eigenvalue weighted by Gasteiger charge is 2.43. The average molecular weight is 305 g/mol. The summed E-state index contributed by atoms with van der Waals surface area (Å²) in [5.74, 6) is 1.15. The summed E-state index contributed by atoms with van der Waals surface area (Å²) in [7, 11) is 1.45. The quantitative estimate of drug-likeness (QED) is 0.862. The van der Waals surface area contributed by atoms with E-state index >= 15 is 0 Å². The predicted molar refractivity (Wildman–Crippen MR) is 81.4 cm³/mol. The Kier molecular flexibility index (Phi) is 4.29. The Morgan fingerprint density at radius 2 is 2.18 bits per heavy atom. The summed E-state index contributed by atoms with van der Waals surface area (Å²) >= 11 is 0. The van der Waals surface area contributed by atoms with E-state index in [0.29, 0.717) is 24.9 Å². The Balaban J connectivity index is 1.90. The van der Waals surface area contributed by atoms with E-state index in [1.807, 2.05) is 0 Å². The van der Waals surface area contributed by atoms with Gasteiger partial charge in [0.15, 0.2) is 0 Å². The summed E-state index contributed by atoms with van der Waals surface area (Å²) < 4.78 is 10.6. The van der Waals surface area contributed by atoms with Gasteiger partial charge in [-0.2, -0.15) is 0 Å². The third-order valence-corrected chi connectivity index (χ3v) is 4.83. The van der Waals surface area contributed by atoms with Crippen molar-refractivity contribution in [2.24, 2.45) is 5.92 Å². The normalized spacial score (nSPS) is 27.8. The molecule has 6 nitrogen and oxygen atoms in total. The van der Waals surface area contributed by atoms with Gasteiger partial charge in [0, 0.05) is 12.0 Å². The van der Waals surface area contributed by atoms with Crippen molar-refractivity contribution in [2.75, 3.05) is 19.0 Å². The lowest BCUT2D eigenvalue weighted by atomic mass is 9.77. The van der Waals surface area contributed by atoms with E-state index in [0.717, 1.165) is 43.4 Å². The number of methoxy groups -OCH3 is 1. The first-order valence-electron chi connectivity index (χ1n) is 7.92. The first-order chi connectivity index (χ1) is 10.6. The fourth-order valence-electron chi connectivity index (χ4n) is 3.32. The van der Waals surface area contributed by atoms with E-state index < -0.39 is 5.54 Å². The SMILES string of the molecule is COC(=O)C1(Nc2ncnc3c2COCC3)CCC(C)CC1. The van der Waals surface area contributed by atoms with E-state index in [9.17, 15) is 4.79 Å². The molecule has 3 rings (SSSR count). The van der Waals surface area contributed by atoms with E-state index in [4.69, 9.17) is 9.47 Å². The number of rotatable bonds is 3. The number of anilines is 1. The van der Waals surface area contributed by atoms with Crippen molar-refractivity contribution >= 4 is 11.8 Å². The molecule has 0 atom stereocenters. The highest BCUT2D eigenvalue weighted by Crippen LogP contribution is 2.36. The average Bonchev–Trinajstić information content (AvgIpc) is 2.57. The lowest BCUT2D eigenvalue weighted by Crippen LogP contribution is -2.50. The smallest absolute Gasteiger partial charge is 0.331 e. The van der Waals surface area contributed by atoms with Gasteiger partial charge in [-0.1, -0.05) is 6.92 Å². The molecule has 1 aliphatic heterocycles. The Bertz CT molecular complexity index is 554. The maximum Gasteiger partial charge on any atom is 0.331 e. The molecule has 1 aromatic heterocycles. The molecule has 2 heterocycles. The Hall–Kier alpha value is -1.69. The van der Waals surface area contributed by atoms with Gasteiger partial charge in [-0.3, -0.25) is 0 Å². The highest BCUT2D eigenvalue weighted by atomic mass is 16.5. The van der Waals surface area contributed by atoms with Crippen molar-refractivity contribution in [1.82, 2.24) is 9.97 Å². The van der Waals surface area contributed by atoms with Crippen molar-refractivity contribution in [3.05, 3.63) is 17.6 Å². The van der Waals surface area contributed by atoms with E-state index in [2.05, 4.69) is 22.2 Å². The molecule has 0 saturated heterocycles. The van der Waals surface area contributed by atoms with Gasteiger partial charge in [0.1, 0.15) is 17.7 Å². The molecule has 1 fully saturated rings. The fourth-order valence-corrected chi connectivity index (χ4v) is 3.32. The standard InChI is InChI=1S/C16H23N3O3/c1-11-3-6-16(7-4-11,15(20)21-2)19-14-12-9-22-8-5-13(12)17-10-18-14/h10-11H,3-9H2,1-2H3,(H,17,18,19). The second kappa shape index (κ2) is 6.20. The second-order valence-corrected chi connectivity index (χ2v) is 6.33. The third-order valence-electron chi connectivity index (χ3n) is 4.83. The molecule has 22 heavy (non-hydrogen) atoms. The van der Waals surface area contributed by atoms with Crippen LogP contribution >= 0.6 is 0 Å². The highest BCUT2D eigenvalue weighted by molar-refractivity contribution is 5.84. The number of hydrogen-bond donors (Lipinski definition) is 1. The van der Waals surface area contributed by atoms with Gasteiger partial charge in [0.2, 0.25) is 0 Å². The van der Waals surface area contributed by atoms with Crippen molar-refractivity contribution in [3.8, 4) is 0 Å². The van der Waals surface area contributed by atoms with Gasteiger partial charge in [-0.25, -0.2) is 14.8 Å². The number of hydrogen-bond acceptors (Lipinski definition) is 6. The summed E-state index contributed by atoms with van der Waals surface area (Å²) in [4.78, 5) is 21.1. The van der Waals surface area contributed by atoms with Crippen LogP contribution in [0.5, 0.6) is 0 Å². The number of nitrogens with zero attached hydrogens (tertiary/aromatic N) is 2. The summed E-state index contributed by atoms with van der Waals surface area (Å²) in [5.41, 5.74) is 1.30. The third kappa shape index (κ3) is 2.79. The summed E-state index contributed by atoms with van der Waals surface area (Å²) in [6.45, 7) is 3.40. The van der Waals surface area contributed by atoms with Gasteiger partial charge < -0.3 is 14.8 Å². The van der Waals surface area contributed by atoms with Gasteiger partial charge in [0.25, 0.3) is 0 Å². The number of ether oxygens (including phenoxy) is 2. The van der Waals surface area contributed by atoms with Crippen LogP contribution in [-0.4, -0.2) is 35.2 Å². The molecule has 0 amide bonds. The van der Waals surface area contributed by atoms with E-state index in [-0.39, 0.29) is 5.97 Å². The second-order valence-electron chi connectivity index (χ2n) is 6.33. The zero-order valence-corrected chi connectivity index (χ0v) is 13.2. The van der Waals surface area contributed by atoms with Gasteiger partial charge >= 0.3 is 5.97 Å². The number of fused-ring (bicyclic) bond motifs is 1. The van der Waals surface area contributed by atoms with Crippen LogP contribution in [0.1, 0.15) is 43.9 Å². The molecule has 1 aliphatic carbocycles. The molecule has 0 aromatic carbocycles. The molecular formula is C16H23N3O3. The maximum atomic E-state index is 12.4. The minimum Gasteiger partial charge on any atom is -0.467 e. The Morgan fingerprint density at radius 3 is 2.91 bits per heavy atom. The molecule has 6 heteroatoms. The molecule has 0 spiro atoms. The lowest BCUT2D eigenvalue weighted by Gasteiger charge is -2.38. The zero-order valence-electron chi connectivity index (χ0n) is 13.2. The van der Waals surface area contributed by atoms with Crippen molar-refractivity contribution in [1.29, 1.82) is 0 Å². The van der Waals surface area contributed by atoms with Crippen molar-refractivity contribution in [2.45, 2.75) is 51.2 Å². The minimum atomic E-state index is -0.680. The lowest BCUT2D eigenvalue weighted by molar-refractivity contribution is -0.147. The summed E-state index contributed by atoms with van der Waals surface area (Å²) in [5, 5.41) is 3.39. The van der Waals surface area contributed by atoms with Gasteiger partial charge in [0.05, 0.1) is 26.0 Å². The fraction of sp³-hybridized carbons (Fsp3) is 0.688. The summed E-state index contributed by atoms with van der Waals surface area (Å²) in [6, 6.07) is 0. The van der Waals surface area contributed by atoms with Crippen molar-refractivity contribution < 1.29 is 14.3 Å². The van der Waals surface area contributed by atoms with Crippen LogP contribution in [0.25, 0.3) is 0 Å². The number of carbonyl (C=O) groups excluding carboxylic acids is 1. The largest absolute Gasteiger partial charge is 0.467 e. The number of esters is 1. The van der Waals surface area contributed by atoms with Gasteiger partial charge in [-0.15, -0.1) is 0 Å². The Morgan fingerprint density at radius 1 is 1.41 bits per heavy atom. The van der Waals surface area contributed by atoms with E-state index in [1.165, 1.54) is 7.11 Å².